The molecule has 3 amide bonds. The fourth-order valence-electron chi connectivity index (χ4n) is 4.43. The van der Waals surface area contributed by atoms with E-state index in [2.05, 4.69) is 46.0 Å². The van der Waals surface area contributed by atoms with Gasteiger partial charge in [-0.25, -0.2) is 5.43 Å². The third-order valence-corrected chi connectivity index (χ3v) is 6.63. The summed E-state index contributed by atoms with van der Waals surface area (Å²) < 4.78 is 0. The van der Waals surface area contributed by atoms with Crippen molar-refractivity contribution in [3.63, 3.8) is 0 Å². The number of amides is 3. The van der Waals surface area contributed by atoms with Crippen LogP contribution >= 0.6 is 0 Å². The molecule has 1 aromatic heterocycles. The smallest absolute Gasteiger partial charge is 0.243 e. The van der Waals surface area contributed by atoms with Crippen molar-refractivity contribution in [2.24, 2.45) is 11.2 Å². The second-order valence-electron chi connectivity index (χ2n) is 9.73. The topological polar surface area (TPSA) is 133 Å². The summed E-state index contributed by atoms with van der Waals surface area (Å²) in [4.78, 5) is 49.7. The molecule has 0 fully saturated rings. The SMILES string of the molecule is Cc1c[nH]c2ccccc12.O=NNC(=O)CC(CCCc1ccccc1)C(=O)NCC(=O)NCCc1ccccc1. The Labute approximate surface area is 240 Å². The molecule has 4 aromatic rings. The van der Waals surface area contributed by atoms with Crippen molar-refractivity contribution in [3.8, 4) is 0 Å². The number of aromatic nitrogens is 1. The van der Waals surface area contributed by atoms with Gasteiger partial charge in [0.2, 0.25) is 17.7 Å². The van der Waals surface area contributed by atoms with Crippen molar-refractivity contribution in [2.75, 3.05) is 13.1 Å². The lowest BCUT2D eigenvalue weighted by atomic mass is 9.95. The molecule has 0 bridgehead atoms. The van der Waals surface area contributed by atoms with Crippen molar-refractivity contribution in [1.29, 1.82) is 0 Å². The maximum absolute atomic E-state index is 12.5. The van der Waals surface area contributed by atoms with Gasteiger partial charge >= 0.3 is 0 Å². The number of aryl methyl sites for hydroxylation is 2. The summed E-state index contributed by atoms with van der Waals surface area (Å²) in [5, 5.41) is 9.03. The number of para-hydroxylation sites is 1. The van der Waals surface area contributed by atoms with Crippen LogP contribution in [0.5, 0.6) is 0 Å². The zero-order valence-electron chi connectivity index (χ0n) is 23.3. The van der Waals surface area contributed by atoms with E-state index in [-0.39, 0.29) is 18.9 Å². The highest BCUT2D eigenvalue weighted by atomic mass is 16.3. The van der Waals surface area contributed by atoms with E-state index < -0.39 is 17.7 Å². The Bertz CT molecular complexity index is 1390. The Morgan fingerprint density at radius 1 is 0.805 bits per heavy atom. The van der Waals surface area contributed by atoms with Gasteiger partial charge in [-0.15, -0.1) is 4.91 Å². The summed E-state index contributed by atoms with van der Waals surface area (Å²) in [5.41, 5.74) is 6.60. The van der Waals surface area contributed by atoms with Gasteiger partial charge in [0.15, 0.2) is 0 Å². The minimum Gasteiger partial charge on any atom is -0.361 e. The van der Waals surface area contributed by atoms with Crippen LogP contribution < -0.4 is 16.1 Å². The average molecular weight is 556 g/mol. The Balaban J connectivity index is 0.000000382. The number of rotatable bonds is 13. The molecule has 41 heavy (non-hydrogen) atoms. The van der Waals surface area contributed by atoms with Crippen LogP contribution in [0.4, 0.5) is 0 Å². The molecule has 0 aliphatic carbocycles. The van der Waals surface area contributed by atoms with Gasteiger partial charge in [-0.05, 0) is 55.4 Å². The molecule has 0 saturated heterocycles. The lowest BCUT2D eigenvalue weighted by molar-refractivity contribution is -0.131. The van der Waals surface area contributed by atoms with E-state index in [1.807, 2.05) is 78.4 Å². The van der Waals surface area contributed by atoms with Crippen LogP contribution in [0.15, 0.2) is 96.4 Å². The second-order valence-corrected chi connectivity index (χ2v) is 9.73. The van der Waals surface area contributed by atoms with Crippen LogP contribution in [0.2, 0.25) is 0 Å². The predicted octanol–water partition coefficient (Wildman–Crippen LogP) is 4.76. The fraction of sp³-hybridized carbons (Fsp3) is 0.281. The molecule has 9 heteroatoms. The minimum atomic E-state index is -0.650. The zero-order chi connectivity index (χ0) is 29.3. The summed E-state index contributed by atoms with van der Waals surface area (Å²) in [6.45, 7) is 2.40. The van der Waals surface area contributed by atoms with Crippen molar-refractivity contribution in [2.45, 2.75) is 39.0 Å². The molecule has 1 unspecified atom stereocenters. The third kappa shape index (κ3) is 11.1. The molecular weight excluding hydrogens is 518 g/mol. The zero-order valence-corrected chi connectivity index (χ0v) is 23.3. The largest absolute Gasteiger partial charge is 0.361 e. The van der Waals surface area contributed by atoms with Gasteiger partial charge in [-0.3, -0.25) is 14.4 Å². The highest BCUT2D eigenvalue weighted by Gasteiger charge is 2.22. The van der Waals surface area contributed by atoms with E-state index in [0.717, 1.165) is 17.5 Å². The highest BCUT2D eigenvalue weighted by molar-refractivity contribution is 5.88. The first-order chi connectivity index (χ1) is 20.0. The number of hydrogen-bond donors (Lipinski definition) is 4. The standard InChI is InChI=1S/C23H28N4O4.C9H9N/c28-21(26-27-31)16-20(13-7-12-18-8-3-1-4-9-18)23(30)25-17-22(29)24-15-14-19-10-5-2-6-11-19;1-7-6-10-9-5-3-2-4-8(7)9/h1-6,8-11,20H,7,12-17H2,(H,24,29)(H,25,30)(H,26,28,31);2-6,10H,1H3. The normalized spacial score (nSPS) is 11.0. The molecular formula is C32H37N5O4. The lowest BCUT2D eigenvalue weighted by Gasteiger charge is -2.16. The number of carbonyl (C=O) groups is 3. The van der Waals surface area contributed by atoms with Gasteiger partial charge < -0.3 is 15.6 Å². The maximum Gasteiger partial charge on any atom is 0.243 e. The number of benzene rings is 3. The molecule has 0 radical (unpaired) electrons. The summed E-state index contributed by atoms with van der Waals surface area (Å²) >= 11 is 0. The number of carbonyl (C=O) groups excluding carboxylic acids is 3. The van der Waals surface area contributed by atoms with Crippen molar-refractivity contribution < 1.29 is 14.4 Å². The number of nitrogens with one attached hydrogen (secondary N) is 4. The predicted molar refractivity (Wildman–Crippen MR) is 161 cm³/mol. The number of H-pyrrole nitrogens is 1. The van der Waals surface area contributed by atoms with Crippen LogP contribution in [0.1, 0.15) is 36.0 Å². The Kier molecular flexibility index (Phi) is 12.8. The van der Waals surface area contributed by atoms with Gasteiger partial charge in [0, 0.05) is 36.0 Å². The monoisotopic (exact) mass is 555 g/mol. The Morgan fingerprint density at radius 3 is 2.10 bits per heavy atom. The van der Waals surface area contributed by atoms with Crippen molar-refractivity contribution >= 4 is 28.6 Å². The highest BCUT2D eigenvalue weighted by Crippen LogP contribution is 2.16. The number of aromatic amines is 1. The summed E-state index contributed by atoms with van der Waals surface area (Å²) in [6, 6.07) is 27.9. The first-order valence-electron chi connectivity index (χ1n) is 13.7. The lowest BCUT2D eigenvalue weighted by Crippen LogP contribution is -2.41. The minimum absolute atomic E-state index is 0.165. The van der Waals surface area contributed by atoms with E-state index in [9.17, 15) is 19.3 Å². The molecule has 214 valence electrons. The van der Waals surface area contributed by atoms with E-state index >= 15 is 0 Å². The molecule has 3 aromatic carbocycles. The van der Waals surface area contributed by atoms with Crippen LogP contribution in [0.25, 0.3) is 10.9 Å². The van der Waals surface area contributed by atoms with E-state index in [0.29, 0.717) is 25.8 Å². The van der Waals surface area contributed by atoms with Gasteiger partial charge in [0.1, 0.15) is 0 Å². The number of fused-ring (bicyclic) bond motifs is 1. The first kappa shape index (κ1) is 30.7. The van der Waals surface area contributed by atoms with E-state index in [4.69, 9.17) is 0 Å². The Hall–Kier alpha value is -4.79. The molecule has 4 rings (SSSR count). The third-order valence-electron chi connectivity index (χ3n) is 6.63. The van der Waals surface area contributed by atoms with Crippen molar-refractivity contribution in [1.82, 2.24) is 21.0 Å². The number of nitrogens with zero attached hydrogens (tertiary/aromatic N) is 1. The van der Waals surface area contributed by atoms with Crippen LogP contribution in [-0.4, -0.2) is 35.8 Å². The first-order valence-corrected chi connectivity index (χ1v) is 13.7. The van der Waals surface area contributed by atoms with Gasteiger partial charge in [-0.1, -0.05) is 78.9 Å². The van der Waals surface area contributed by atoms with Gasteiger partial charge in [0.05, 0.1) is 11.8 Å². The summed E-state index contributed by atoms with van der Waals surface area (Å²) in [7, 11) is 0. The maximum atomic E-state index is 12.5. The summed E-state index contributed by atoms with van der Waals surface area (Å²) in [5.74, 6) is -1.97. The molecule has 9 nitrogen and oxygen atoms in total. The van der Waals surface area contributed by atoms with Crippen LogP contribution in [0.3, 0.4) is 0 Å². The quantitative estimate of drug-likeness (QED) is 0.140. The fourth-order valence-corrected chi connectivity index (χ4v) is 4.43. The van der Waals surface area contributed by atoms with Crippen LogP contribution in [-0.2, 0) is 27.2 Å². The average Bonchev–Trinajstić information content (AvgIpc) is 3.37. The molecule has 0 spiro atoms. The Morgan fingerprint density at radius 2 is 1.44 bits per heavy atom. The van der Waals surface area contributed by atoms with Crippen molar-refractivity contribution in [3.05, 3.63) is 113 Å². The molecule has 0 saturated carbocycles. The summed E-state index contributed by atoms with van der Waals surface area (Å²) in [6.07, 6.45) is 4.46. The van der Waals surface area contributed by atoms with E-state index in [1.54, 1.807) is 0 Å². The van der Waals surface area contributed by atoms with E-state index in [1.165, 1.54) is 16.5 Å². The number of nitroso groups, excluding NO2 is 1. The van der Waals surface area contributed by atoms with Crippen LogP contribution in [0, 0.1) is 17.7 Å². The molecule has 4 N–H and O–H groups in total. The number of hydrogen-bond acceptors (Lipinski definition) is 5. The van der Waals surface area contributed by atoms with Gasteiger partial charge in [-0.2, -0.15) is 0 Å². The molecule has 1 heterocycles. The van der Waals surface area contributed by atoms with Gasteiger partial charge in [0.25, 0.3) is 0 Å². The second kappa shape index (κ2) is 17.0. The molecule has 0 aliphatic rings. The molecule has 0 aliphatic heterocycles. The molecule has 1 atom stereocenters.